The predicted molar refractivity (Wildman–Crippen MR) is 69.5 cm³/mol. The van der Waals surface area contributed by atoms with E-state index in [-0.39, 0.29) is 4.90 Å². The van der Waals surface area contributed by atoms with E-state index in [4.69, 9.17) is 0 Å². The zero-order valence-corrected chi connectivity index (χ0v) is 11.7. The number of nitrogens with zero attached hydrogens (tertiary/aromatic N) is 1. The lowest BCUT2D eigenvalue weighted by molar-refractivity contribution is 0.400. The Bertz CT molecular complexity index is 501. The molecule has 102 valence electrons. The van der Waals surface area contributed by atoms with Gasteiger partial charge in [-0.15, -0.1) is 0 Å². The molecule has 0 unspecified atom stereocenters. The topological polar surface area (TPSA) is 49.4 Å². The summed E-state index contributed by atoms with van der Waals surface area (Å²) in [5.41, 5.74) is 0.713. The highest BCUT2D eigenvalue weighted by atomic mass is 32.2. The number of benzene rings is 1. The average molecular weight is 274 g/mol. The number of aryl methyl sites for hydroxylation is 1. The van der Waals surface area contributed by atoms with Crippen molar-refractivity contribution in [3.8, 4) is 0 Å². The molecule has 0 radical (unpaired) electrons. The Morgan fingerprint density at radius 1 is 1.33 bits per heavy atom. The van der Waals surface area contributed by atoms with Crippen LogP contribution in [0.15, 0.2) is 23.1 Å². The fourth-order valence-corrected chi connectivity index (χ4v) is 2.73. The fraction of sp³-hybridized carbons (Fsp3) is 0.500. The number of nitrogens with one attached hydrogen (secondary N) is 1. The molecular weight excluding hydrogens is 255 g/mol. The molecule has 1 rings (SSSR count). The first kappa shape index (κ1) is 15.1. The van der Waals surface area contributed by atoms with Gasteiger partial charge in [0.05, 0.1) is 0 Å². The summed E-state index contributed by atoms with van der Waals surface area (Å²) in [6.07, 6.45) is 0.680. The monoisotopic (exact) mass is 274 g/mol. The van der Waals surface area contributed by atoms with Crippen molar-refractivity contribution in [1.82, 2.24) is 9.62 Å². The van der Waals surface area contributed by atoms with Crippen molar-refractivity contribution in [2.75, 3.05) is 27.2 Å². The normalized spacial score (nSPS) is 12.1. The lowest BCUT2D eigenvalue weighted by Gasteiger charge is -2.11. The van der Waals surface area contributed by atoms with Crippen LogP contribution in [-0.4, -0.2) is 40.5 Å². The van der Waals surface area contributed by atoms with Crippen LogP contribution in [0.1, 0.15) is 12.0 Å². The van der Waals surface area contributed by atoms with E-state index >= 15 is 0 Å². The van der Waals surface area contributed by atoms with E-state index in [1.54, 1.807) is 13.0 Å². The molecule has 0 aromatic heterocycles. The van der Waals surface area contributed by atoms with Crippen LogP contribution in [0.25, 0.3) is 0 Å². The van der Waals surface area contributed by atoms with Gasteiger partial charge in [-0.3, -0.25) is 0 Å². The summed E-state index contributed by atoms with van der Waals surface area (Å²) < 4.78 is 39.6. The van der Waals surface area contributed by atoms with Crippen LogP contribution in [-0.2, 0) is 10.0 Å². The van der Waals surface area contributed by atoms with Gasteiger partial charge in [0.2, 0.25) is 10.0 Å². The zero-order chi connectivity index (χ0) is 13.8. The maximum absolute atomic E-state index is 13.5. The minimum atomic E-state index is -3.75. The Morgan fingerprint density at radius 3 is 2.61 bits per heavy atom. The second kappa shape index (κ2) is 6.26. The van der Waals surface area contributed by atoms with Gasteiger partial charge in [0.15, 0.2) is 0 Å². The fourth-order valence-electron chi connectivity index (χ4n) is 1.50. The first-order valence-electron chi connectivity index (χ1n) is 5.73. The number of halogens is 1. The molecule has 0 atom stereocenters. The number of hydrogen-bond acceptors (Lipinski definition) is 3. The molecule has 0 saturated carbocycles. The van der Waals surface area contributed by atoms with Crippen LogP contribution in [0.5, 0.6) is 0 Å². The Hall–Kier alpha value is -0.980. The molecule has 0 saturated heterocycles. The smallest absolute Gasteiger partial charge is 0.243 e. The Labute approximate surface area is 108 Å². The van der Waals surface area contributed by atoms with E-state index in [0.717, 1.165) is 6.54 Å². The molecule has 1 N–H and O–H groups in total. The molecular formula is C12H19FN2O2S. The minimum Gasteiger partial charge on any atom is -0.309 e. The molecule has 0 aliphatic rings. The highest BCUT2D eigenvalue weighted by Crippen LogP contribution is 2.15. The number of hydrogen-bond donors (Lipinski definition) is 1. The molecule has 0 bridgehead atoms. The third-order valence-electron chi connectivity index (χ3n) is 2.45. The number of sulfonamides is 1. The SMILES string of the molecule is Cc1ccc(F)c(S(=O)(=O)NCCCN(C)C)c1. The second-order valence-electron chi connectivity index (χ2n) is 4.49. The summed E-state index contributed by atoms with van der Waals surface area (Å²) in [4.78, 5) is 1.68. The molecule has 4 nitrogen and oxygen atoms in total. The van der Waals surface area contributed by atoms with Crippen LogP contribution in [0.3, 0.4) is 0 Å². The van der Waals surface area contributed by atoms with Crippen LogP contribution in [0.2, 0.25) is 0 Å². The van der Waals surface area contributed by atoms with Crippen molar-refractivity contribution < 1.29 is 12.8 Å². The van der Waals surface area contributed by atoms with Crippen LogP contribution in [0, 0.1) is 12.7 Å². The van der Waals surface area contributed by atoms with Gasteiger partial charge in [0.25, 0.3) is 0 Å². The second-order valence-corrected chi connectivity index (χ2v) is 6.22. The summed E-state index contributed by atoms with van der Waals surface area (Å²) in [6.45, 7) is 2.80. The summed E-state index contributed by atoms with van der Waals surface area (Å²) in [7, 11) is 0.0680. The molecule has 6 heteroatoms. The highest BCUT2D eigenvalue weighted by Gasteiger charge is 2.18. The van der Waals surface area contributed by atoms with E-state index in [2.05, 4.69) is 4.72 Å². The molecule has 0 aliphatic heterocycles. The third-order valence-corrected chi connectivity index (χ3v) is 3.93. The van der Waals surface area contributed by atoms with Gasteiger partial charge in [-0.25, -0.2) is 17.5 Å². The molecule has 1 aromatic carbocycles. The van der Waals surface area contributed by atoms with Crippen LogP contribution in [0.4, 0.5) is 4.39 Å². The Balaban J connectivity index is 2.71. The van der Waals surface area contributed by atoms with Crippen molar-refractivity contribution in [2.24, 2.45) is 0 Å². The summed E-state index contributed by atoms with van der Waals surface area (Å²) >= 11 is 0. The minimum absolute atomic E-state index is 0.285. The van der Waals surface area contributed by atoms with E-state index in [9.17, 15) is 12.8 Å². The van der Waals surface area contributed by atoms with Gasteiger partial charge in [0.1, 0.15) is 10.7 Å². The van der Waals surface area contributed by atoms with Crippen molar-refractivity contribution >= 4 is 10.0 Å². The van der Waals surface area contributed by atoms with Gasteiger partial charge in [-0.1, -0.05) is 6.07 Å². The first-order chi connectivity index (χ1) is 8.33. The van der Waals surface area contributed by atoms with Gasteiger partial charge in [-0.05, 0) is 51.7 Å². The summed E-state index contributed by atoms with van der Waals surface area (Å²) in [5.74, 6) is -0.722. The van der Waals surface area contributed by atoms with E-state index in [1.807, 2.05) is 19.0 Å². The van der Waals surface area contributed by atoms with Crippen LogP contribution >= 0.6 is 0 Å². The number of rotatable bonds is 6. The van der Waals surface area contributed by atoms with Gasteiger partial charge in [-0.2, -0.15) is 0 Å². The van der Waals surface area contributed by atoms with Crippen molar-refractivity contribution in [3.05, 3.63) is 29.6 Å². The summed E-state index contributed by atoms with van der Waals surface area (Å²) in [6, 6.07) is 4.05. The standard InChI is InChI=1S/C12H19FN2O2S/c1-10-5-6-11(13)12(9-10)18(16,17)14-7-4-8-15(2)3/h5-6,9,14H,4,7-8H2,1-3H3. The molecule has 18 heavy (non-hydrogen) atoms. The van der Waals surface area contributed by atoms with Gasteiger partial charge < -0.3 is 4.90 Å². The van der Waals surface area contributed by atoms with Crippen molar-refractivity contribution in [2.45, 2.75) is 18.2 Å². The molecule has 0 aliphatic carbocycles. The third kappa shape index (κ3) is 4.36. The molecule has 0 amide bonds. The van der Waals surface area contributed by atoms with E-state index in [0.29, 0.717) is 18.5 Å². The van der Waals surface area contributed by atoms with Crippen molar-refractivity contribution in [1.29, 1.82) is 0 Å². The lowest BCUT2D eigenvalue weighted by atomic mass is 10.2. The lowest BCUT2D eigenvalue weighted by Crippen LogP contribution is -2.28. The quantitative estimate of drug-likeness (QED) is 0.797. The van der Waals surface area contributed by atoms with Gasteiger partial charge >= 0.3 is 0 Å². The maximum atomic E-state index is 13.5. The van der Waals surface area contributed by atoms with Gasteiger partial charge in [0, 0.05) is 6.54 Å². The van der Waals surface area contributed by atoms with E-state index < -0.39 is 15.8 Å². The summed E-state index contributed by atoms with van der Waals surface area (Å²) in [5, 5.41) is 0. The van der Waals surface area contributed by atoms with E-state index in [1.165, 1.54) is 12.1 Å². The van der Waals surface area contributed by atoms with Crippen molar-refractivity contribution in [3.63, 3.8) is 0 Å². The molecule has 1 aromatic rings. The zero-order valence-electron chi connectivity index (χ0n) is 10.9. The molecule has 0 heterocycles. The van der Waals surface area contributed by atoms with Crippen LogP contribution < -0.4 is 4.72 Å². The maximum Gasteiger partial charge on any atom is 0.243 e. The average Bonchev–Trinajstić information content (AvgIpc) is 2.27. The first-order valence-corrected chi connectivity index (χ1v) is 7.22. The Kier molecular flexibility index (Phi) is 5.25. The highest BCUT2D eigenvalue weighted by molar-refractivity contribution is 7.89. The Morgan fingerprint density at radius 2 is 2.00 bits per heavy atom. The molecule has 0 spiro atoms. The largest absolute Gasteiger partial charge is 0.309 e. The predicted octanol–water partition coefficient (Wildman–Crippen LogP) is 1.36. The molecule has 0 fully saturated rings.